The highest BCUT2D eigenvalue weighted by Crippen LogP contribution is 2.34. The third-order valence-electron chi connectivity index (χ3n) is 8.38. The Balaban J connectivity index is 1.39. The van der Waals surface area contributed by atoms with Crippen molar-refractivity contribution in [3.05, 3.63) is 95.7 Å². The smallest absolute Gasteiger partial charge is 0.318 e. The molecule has 1 aromatic heterocycles. The van der Waals surface area contributed by atoms with Crippen molar-refractivity contribution in [1.29, 1.82) is 0 Å². The van der Waals surface area contributed by atoms with Crippen LogP contribution in [0.3, 0.4) is 0 Å². The number of hydrogen-bond donors (Lipinski definition) is 4. The molecule has 2 heterocycles. The number of piperidine rings is 1. The lowest BCUT2D eigenvalue weighted by atomic mass is 9.84. The van der Waals surface area contributed by atoms with Crippen LogP contribution in [-0.2, 0) is 16.9 Å². The van der Waals surface area contributed by atoms with Crippen LogP contribution in [0.5, 0.6) is 5.75 Å². The maximum absolute atomic E-state index is 14.0. The van der Waals surface area contributed by atoms with Crippen LogP contribution < -0.4 is 15.4 Å². The average Bonchev–Trinajstić information content (AvgIpc) is 3.44. The first-order chi connectivity index (χ1) is 20.7. The lowest BCUT2D eigenvalue weighted by Gasteiger charge is -2.39. The second kappa shape index (κ2) is 12.9. The van der Waals surface area contributed by atoms with E-state index in [-0.39, 0.29) is 17.9 Å². The number of carbonyl (C=O) groups is 2. The van der Waals surface area contributed by atoms with Crippen LogP contribution in [0.2, 0.25) is 0 Å². The van der Waals surface area contributed by atoms with E-state index in [0.717, 1.165) is 27.6 Å². The van der Waals surface area contributed by atoms with Crippen molar-refractivity contribution in [3.63, 3.8) is 0 Å². The Kier molecular flexibility index (Phi) is 9.03. The molecule has 3 amide bonds. The number of anilines is 1. The summed E-state index contributed by atoms with van der Waals surface area (Å²) >= 11 is 0. The molecule has 0 radical (unpaired) electrons. The number of aliphatic hydroxyl groups is 1. The fourth-order valence-electron chi connectivity index (χ4n) is 5.94. The Morgan fingerprint density at radius 1 is 1.05 bits per heavy atom. The van der Waals surface area contributed by atoms with E-state index in [2.05, 4.69) is 15.6 Å². The number of amides is 3. The molecular formula is C34H41N5O4. The van der Waals surface area contributed by atoms with Crippen molar-refractivity contribution in [2.75, 3.05) is 39.6 Å². The van der Waals surface area contributed by atoms with E-state index in [1.54, 1.807) is 12.0 Å². The number of likely N-dealkylation sites (tertiary alicyclic amines) is 1. The van der Waals surface area contributed by atoms with Gasteiger partial charge >= 0.3 is 6.03 Å². The van der Waals surface area contributed by atoms with Crippen LogP contribution in [0.25, 0.3) is 10.9 Å². The maximum atomic E-state index is 14.0. The van der Waals surface area contributed by atoms with Crippen LogP contribution in [-0.4, -0.2) is 72.2 Å². The quantitative estimate of drug-likeness (QED) is 0.221. The Hall–Kier alpha value is -4.34. The third-order valence-corrected chi connectivity index (χ3v) is 8.38. The lowest BCUT2D eigenvalue weighted by molar-refractivity contribution is -0.118. The largest absolute Gasteiger partial charge is 0.495 e. The zero-order valence-corrected chi connectivity index (χ0v) is 25.3. The molecule has 0 unspecified atom stereocenters. The van der Waals surface area contributed by atoms with E-state index in [4.69, 9.17) is 4.74 Å². The Morgan fingerprint density at radius 3 is 2.44 bits per heavy atom. The van der Waals surface area contributed by atoms with Gasteiger partial charge in [-0.2, -0.15) is 0 Å². The highest BCUT2D eigenvalue weighted by molar-refractivity contribution is 5.99. The summed E-state index contributed by atoms with van der Waals surface area (Å²) in [4.78, 5) is 34.7. The van der Waals surface area contributed by atoms with E-state index in [9.17, 15) is 14.7 Å². The van der Waals surface area contributed by atoms with E-state index in [0.29, 0.717) is 43.9 Å². The second-order valence-corrected chi connectivity index (χ2v) is 11.7. The minimum absolute atomic E-state index is 0.338. The van der Waals surface area contributed by atoms with Crippen LogP contribution in [0.1, 0.15) is 42.4 Å². The Labute approximate surface area is 252 Å². The van der Waals surface area contributed by atoms with E-state index < -0.39 is 11.6 Å². The summed E-state index contributed by atoms with van der Waals surface area (Å²) in [6.07, 6.45) is 2.73. The van der Waals surface area contributed by atoms with Crippen LogP contribution in [0, 0.1) is 0 Å². The van der Waals surface area contributed by atoms with Gasteiger partial charge in [0.05, 0.1) is 18.4 Å². The molecule has 1 aliphatic rings. The van der Waals surface area contributed by atoms with Crippen molar-refractivity contribution in [3.8, 4) is 5.75 Å². The van der Waals surface area contributed by atoms with Gasteiger partial charge in [0.2, 0.25) is 5.91 Å². The predicted molar refractivity (Wildman–Crippen MR) is 169 cm³/mol. The Morgan fingerprint density at radius 2 is 1.74 bits per heavy atom. The molecule has 1 saturated heterocycles. The van der Waals surface area contributed by atoms with Crippen LogP contribution >= 0.6 is 0 Å². The first-order valence-corrected chi connectivity index (χ1v) is 14.7. The summed E-state index contributed by atoms with van der Waals surface area (Å²) in [5.41, 5.74) is 3.32. The van der Waals surface area contributed by atoms with Gasteiger partial charge in [0.25, 0.3) is 0 Å². The molecular weight excluding hydrogens is 542 g/mol. The number of ether oxygens (including phenoxy) is 1. The van der Waals surface area contributed by atoms with Crippen molar-refractivity contribution < 1.29 is 19.4 Å². The van der Waals surface area contributed by atoms with Gasteiger partial charge in [-0.15, -0.1) is 0 Å². The number of rotatable bonds is 9. The van der Waals surface area contributed by atoms with Gasteiger partial charge in [0.15, 0.2) is 0 Å². The number of aromatic nitrogens is 1. The van der Waals surface area contributed by atoms with E-state index in [1.807, 2.05) is 105 Å². The lowest BCUT2D eigenvalue weighted by Crippen LogP contribution is -2.54. The molecule has 0 spiro atoms. The van der Waals surface area contributed by atoms with Gasteiger partial charge in [-0.05, 0) is 61.8 Å². The molecule has 2 atom stereocenters. The molecule has 1 aliphatic heterocycles. The predicted octanol–water partition coefficient (Wildman–Crippen LogP) is 5.04. The zero-order valence-electron chi connectivity index (χ0n) is 25.3. The summed E-state index contributed by atoms with van der Waals surface area (Å²) in [6, 6.07) is 22.0. The number of aromatic amines is 1. The van der Waals surface area contributed by atoms with Gasteiger partial charge in [-0.1, -0.05) is 61.5 Å². The summed E-state index contributed by atoms with van der Waals surface area (Å²) in [5, 5.41) is 18.4. The molecule has 0 aliphatic carbocycles. The second-order valence-electron chi connectivity index (χ2n) is 11.7. The number of carbonyl (C=O) groups excluding carboxylic acids is 2. The average molecular weight is 584 g/mol. The standard InChI is InChI=1S/C34H41N5O4/c1-23(27-21-35-28-13-9-8-12-26(27)28)31(32(40)36-29-20-24(22-38(2)3)14-15-30(29)43-4)37-33(41)39-18-16-34(42,17-19-39)25-10-6-5-7-11-25/h5-15,20-21,23,31,35,42H,16-19,22H2,1-4H3,(H,36,40)(H,37,41)/t23-,31+/m0/s1. The highest BCUT2D eigenvalue weighted by atomic mass is 16.5. The summed E-state index contributed by atoms with van der Waals surface area (Å²) < 4.78 is 5.56. The van der Waals surface area contributed by atoms with Crippen molar-refractivity contribution in [2.24, 2.45) is 0 Å². The molecule has 43 heavy (non-hydrogen) atoms. The molecule has 5 rings (SSSR count). The number of urea groups is 1. The van der Waals surface area contributed by atoms with Gasteiger partial charge in [-0.3, -0.25) is 4.79 Å². The number of nitrogens with one attached hydrogen (secondary N) is 3. The van der Waals surface area contributed by atoms with Gasteiger partial charge in [-0.25, -0.2) is 4.79 Å². The van der Waals surface area contributed by atoms with E-state index >= 15 is 0 Å². The first kappa shape index (κ1) is 30.1. The summed E-state index contributed by atoms with van der Waals surface area (Å²) in [7, 11) is 5.54. The van der Waals surface area contributed by atoms with Crippen molar-refractivity contribution in [1.82, 2.24) is 20.1 Å². The number of nitrogens with zero attached hydrogens (tertiary/aromatic N) is 2. The zero-order chi connectivity index (χ0) is 30.6. The third kappa shape index (κ3) is 6.68. The summed E-state index contributed by atoms with van der Waals surface area (Å²) in [5.74, 6) is -0.164. The molecule has 0 bridgehead atoms. The fourth-order valence-corrected chi connectivity index (χ4v) is 5.94. The first-order valence-electron chi connectivity index (χ1n) is 14.7. The van der Waals surface area contributed by atoms with Crippen LogP contribution in [0.4, 0.5) is 10.5 Å². The molecule has 9 nitrogen and oxygen atoms in total. The monoisotopic (exact) mass is 583 g/mol. The van der Waals surface area contributed by atoms with Gasteiger partial charge in [0, 0.05) is 42.7 Å². The highest BCUT2D eigenvalue weighted by Gasteiger charge is 2.37. The van der Waals surface area contributed by atoms with Gasteiger partial charge < -0.3 is 35.3 Å². The molecule has 0 saturated carbocycles. The minimum Gasteiger partial charge on any atom is -0.495 e. The summed E-state index contributed by atoms with van der Waals surface area (Å²) in [6.45, 7) is 3.38. The van der Waals surface area contributed by atoms with Crippen molar-refractivity contribution >= 4 is 28.5 Å². The number of para-hydroxylation sites is 1. The van der Waals surface area contributed by atoms with Crippen LogP contribution in [0.15, 0.2) is 79.0 Å². The van der Waals surface area contributed by atoms with Crippen molar-refractivity contribution in [2.45, 2.75) is 43.9 Å². The number of hydrogen-bond acceptors (Lipinski definition) is 5. The molecule has 9 heteroatoms. The molecule has 1 fully saturated rings. The Bertz CT molecular complexity index is 1560. The minimum atomic E-state index is -0.986. The molecule has 3 aromatic carbocycles. The maximum Gasteiger partial charge on any atom is 0.318 e. The molecule has 4 aromatic rings. The molecule has 4 N–H and O–H groups in total. The normalized spacial score (nSPS) is 16.1. The SMILES string of the molecule is COc1ccc(CN(C)C)cc1NC(=O)[C@H](NC(=O)N1CCC(O)(c2ccccc2)CC1)[C@@H](C)c1c[nH]c2ccccc12. The number of fused-ring (bicyclic) bond motifs is 1. The number of H-pyrrole nitrogens is 1. The fraction of sp³-hybridized carbons (Fsp3) is 0.353. The molecule has 226 valence electrons. The van der Waals surface area contributed by atoms with E-state index in [1.165, 1.54) is 0 Å². The number of methoxy groups -OCH3 is 1. The topological polar surface area (TPSA) is 110 Å². The van der Waals surface area contributed by atoms with Gasteiger partial charge in [0.1, 0.15) is 11.8 Å². The number of benzene rings is 3.